The SMILES string of the molecule is Cc1cc(C(=O)N2CCC3(CC2)C[C@H]3C(=O)N2CCN(Cc3ccccc3)CC2)c(C)o1. The second-order valence-electron chi connectivity index (χ2n) is 9.83. The van der Waals surface area contributed by atoms with Crippen molar-refractivity contribution < 1.29 is 14.0 Å². The number of rotatable bonds is 4. The fourth-order valence-corrected chi connectivity index (χ4v) is 5.61. The Bertz CT molecular complexity index is 983. The molecule has 2 aromatic rings. The van der Waals surface area contributed by atoms with Gasteiger partial charge >= 0.3 is 0 Å². The minimum Gasteiger partial charge on any atom is -0.466 e. The van der Waals surface area contributed by atoms with Crippen LogP contribution in [0.5, 0.6) is 0 Å². The largest absolute Gasteiger partial charge is 0.466 e. The lowest BCUT2D eigenvalue weighted by Gasteiger charge is -2.36. The van der Waals surface area contributed by atoms with Gasteiger partial charge in [0.2, 0.25) is 5.91 Å². The predicted octanol–water partition coefficient (Wildman–Crippen LogP) is 3.48. The molecular weight excluding hydrogens is 402 g/mol. The zero-order valence-corrected chi connectivity index (χ0v) is 19.2. The van der Waals surface area contributed by atoms with Gasteiger partial charge < -0.3 is 14.2 Å². The lowest BCUT2D eigenvalue weighted by Crippen LogP contribution is -2.49. The summed E-state index contributed by atoms with van der Waals surface area (Å²) in [5.74, 6) is 2.02. The van der Waals surface area contributed by atoms with Crippen LogP contribution >= 0.6 is 0 Å². The highest BCUT2D eigenvalue weighted by atomic mass is 16.3. The van der Waals surface area contributed by atoms with Crippen molar-refractivity contribution in [1.82, 2.24) is 14.7 Å². The number of hydrogen-bond donors (Lipinski definition) is 0. The summed E-state index contributed by atoms with van der Waals surface area (Å²) >= 11 is 0. The number of furan rings is 1. The number of benzene rings is 1. The molecule has 1 saturated carbocycles. The van der Waals surface area contributed by atoms with Crippen LogP contribution in [0.25, 0.3) is 0 Å². The van der Waals surface area contributed by atoms with Crippen LogP contribution in [0.2, 0.25) is 0 Å². The number of amides is 2. The topological polar surface area (TPSA) is 57.0 Å². The second-order valence-corrected chi connectivity index (χ2v) is 9.83. The van der Waals surface area contributed by atoms with Gasteiger partial charge in [-0.2, -0.15) is 0 Å². The first-order chi connectivity index (χ1) is 15.4. The standard InChI is InChI=1S/C26H33N3O3/c1-19-16-22(20(2)32-19)24(30)28-10-8-26(9-11-28)17-23(26)25(31)29-14-12-27(13-15-29)18-21-6-4-3-5-7-21/h3-7,16,23H,8-15,17-18H2,1-2H3/t23-/m0/s1. The summed E-state index contributed by atoms with van der Waals surface area (Å²) < 4.78 is 5.54. The van der Waals surface area contributed by atoms with E-state index in [0.717, 1.165) is 70.8 Å². The second kappa shape index (κ2) is 8.39. The number of piperazine rings is 1. The molecule has 2 aliphatic heterocycles. The van der Waals surface area contributed by atoms with Gasteiger partial charge in [-0.1, -0.05) is 30.3 Å². The number of aryl methyl sites for hydroxylation is 2. The van der Waals surface area contributed by atoms with Crippen LogP contribution in [-0.4, -0.2) is 65.8 Å². The maximum Gasteiger partial charge on any atom is 0.257 e. The summed E-state index contributed by atoms with van der Waals surface area (Å²) in [6, 6.07) is 12.4. The maximum absolute atomic E-state index is 13.2. The molecule has 0 N–H and O–H groups in total. The van der Waals surface area contributed by atoms with E-state index in [-0.39, 0.29) is 17.2 Å². The van der Waals surface area contributed by atoms with Gasteiger partial charge in [0.25, 0.3) is 5.91 Å². The summed E-state index contributed by atoms with van der Waals surface area (Å²) in [5, 5.41) is 0. The molecule has 170 valence electrons. The molecule has 0 radical (unpaired) electrons. The summed E-state index contributed by atoms with van der Waals surface area (Å²) in [6.45, 7) is 9.66. The van der Waals surface area contributed by atoms with Crippen molar-refractivity contribution >= 4 is 11.8 Å². The predicted molar refractivity (Wildman–Crippen MR) is 122 cm³/mol. The summed E-state index contributed by atoms with van der Waals surface area (Å²) in [5.41, 5.74) is 2.13. The van der Waals surface area contributed by atoms with Gasteiger partial charge in [-0.15, -0.1) is 0 Å². The first kappa shape index (κ1) is 21.3. The summed E-state index contributed by atoms with van der Waals surface area (Å²) in [4.78, 5) is 32.5. The molecule has 1 aromatic carbocycles. The van der Waals surface area contributed by atoms with Crippen molar-refractivity contribution in [3.8, 4) is 0 Å². The van der Waals surface area contributed by atoms with Crippen LogP contribution in [0.3, 0.4) is 0 Å². The van der Waals surface area contributed by atoms with Crippen molar-refractivity contribution in [3.63, 3.8) is 0 Å². The Morgan fingerprint density at radius 3 is 2.28 bits per heavy atom. The number of nitrogens with zero attached hydrogens (tertiary/aromatic N) is 3. The van der Waals surface area contributed by atoms with Crippen molar-refractivity contribution in [2.75, 3.05) is 39.3 Å². The summed E-state index contributed by atoms with van der Waals surface area (Å²) in [7, 11) is 0. The van der Waals surface area contributed by atoms with Gasteiger partial charge in [-0.05, 0) is 50.2 Å². The van der Waals surface area contributed by atoms with Crippen LogP contribution in [0.4, 0.5) is 0 Å². The fourth-order valence-electron chi connectivity index (χ4n) is 5.61. The molecule has 1 atom stereocenters. The first-order valence-electron chi connectivity index (χ1n) is 11.9. The van der Waals surface area contributed by atoms with Gasteiger partial charge in [0, 0.05) is 51.7 Å². The van der Waals surface area contributed by atoms with Crippen molar-refractivity contribution in [3.05, 3.63) is 59.0 Å². The summed E-state index contributed by atoms with van der Waals surface area (Å²) in [6.07, 6.45) is 2.85. The van der Waals surface area contributed by atoms with Crippen molar-refractivity contribution in [2.45, 2.75) is 39.7 Å². The third-order valence-electron chi connectivity index (χ3n) is 7.74. The lowest BCUT2D eigenvalue weighted by atomic mass is 9.90. The van der Waals surface area contributed by atoms with Crippen molar-refractivity contribution in [2.24, 2.45) is 11.3 Å². The van der Waals surface area contributed by atoms with Gasteiger partial charge in [0.05, 0.1) is 5.56 Å². The molecule has 2 amide bonds. The van der Waals surface area contributed by atoms with Gasteiger partial charge in [-0.3, -0.25) is 14.5 Å². The van der Waals surface area contributed by atoms with E-state index in [1.807, 2.05) is 30.9 Å². The molecule has 32 heavy (non-hydrogen) atoms. The van der Waals surface area contributed by atoms with E-state index in [4.69, 9.17) is 4.42 Å². The van der Waals surface area contributed by atoms with Crippen LogP contribution < -0.4 is 0 Å². The molecule has 1 aliphatic carbocycles. The van der Waals surface area contributed by atoms with E-state index in [1.54, 1.807) is 0 Å². The Labute approximate surface area is 190 Å². The molecule has 0 bridgehead atoms. The highest BCUT2D eigenvalue weighted by molar-refractivity contribution is 5.95. The molecule has 1 spiro atoms. The number of piperidine rings is 1. The van der Waals surface area contributed by atoms with E-state index in [0.29, 0.717) is 17.2 Å². The molecule has 6 heteroatoms. The maximum atomic E-state index is 13.2. The Hall–Kier alpha value is -2.60. The minimum absolute atomic E-state index is 0.0623. The number of hydrogen-bond acceptors (Lipinski definition) is 4. The molecule has 5 rings (SSSR count). The Morgan fingerprint density at radius 2 is 1.66 bits per heavy atom. The zero-order valence-electron chi connectivity index (χ0n) is 19.2. The molecule has 6 nitrogen and oxygen atoms in total. The van der Waals surface area contributed by atoms with Crippen molar-refractivity contribution in [1.29, 1.82) is 0 Å². The highest BCUT2D eigenvalue weighted by Gasteiger charge is 2.59. The van der Waals surface area contributed by atoms with Gasteiger partial charge in [0.1, 0.15) is 11.5 Å². The third kappa shape index (κ3) is 4.08. The van der Waals surface area contributed by atoms with Crippen LogP contribution in [0.15, 0.2) is 40.8 Å². The third-order valence-corrected chi connectivity index (χ3v) is 7.74. The van der Waals surface area contributed by atoms with E-state index < -0.39 is 0 Å². The van der Waals surface area contributed by atoms with E-state index in [2.05, 4.69) is 34.1 Å². The van der Waals surface area contributed by atoms with Gasteiger partial charge in [-0.25, -0.2) is 0 Å². The molecule has 3 heterocycles. The Morgan fingerprint density at radius 1 is 0.969 bits per heavy atom. The molecule has 0 unspecified atom stereocenters. The zero-order chi connectivity index (χ0) is 22.3. The first-order valence-corrected chi connectivity index (χ1v) is 11.9. The molecule has 3 aliphatic rings. The number of likely N-dealkylation sites (tertiary alicyclic amines) is 1. The van der Waals surface area contributed by atoms with E-state index >= 15 is 0 Å². The highest BCUT2D eigenvalue weighted by Crippen LogP contribution is 2.60. The number of carbonyl (C=O) groups excluding carboxylic acids is 2. The smallest absolute Gasteiger partial charge is 0.257 e. The Kier molecular flexibility index (Phi) is 5.58. The average Bonchev–Trinajstić information content (AvgIpc) is 3.39. The van der Waals surface area contributed by atoms with E-state index in [9.17, 15) is 9.59 Å². The monoisotopic (exact) mass is 435 g/mol. The number of carbonyl (C=O) groups is 2. The molecular formula is C26H33N3O3. The Balaban J connectivity index is 1.11. The molecule has 1 aromatic heterocycles. The normalized spacial score (nSPS) is 22.9. The quantitative estimate of drug-likeness (QED) is 0.738. The van der Waals surface area contributed by atoms with Crippen LogP contribution in [0, 0.1) is 25.2 Å². The minimum atomic E-state index is 0.0623. The van der Waals surface area contributed by atoms with Crippen LogP contribution in [-0.2, 0) is 11.3 Å². The fraction of sp³-hybridized carbons (Fsp3) is 0.538. The van der Waals surface area contributed by atoms with Gasteiger partial charge in [0.15, 0.2) is 0 Å². The molecule has 2 saturated heterocycles. The molecule has 3 fully saturated rings. The average molecular weight is 436 g/mol. The van der Waals surface area contributed by atoms with Crippen LogP contribution in [0.1, 0.15) is 46.7 Å². The van der Waals surface area contributed by atoms with E-state index in [1.165, 1.54) is 5.56 Å². The lowest BCUT2D eigenvalue weighted by molar-refractivity contribution is -0.135.